The molecule has 40 heavy (non-hydrogen) atoms. The van der Waals surface area contributed by atoms with Crippen molar-refractivity contribution < 1.29 is 4.58 Å². The summed E-state index contributed by atoms with van der Waals surface area (Å²) in [5.74, 6) is 0. The van der Waals surface area contributed by atoms with E-state index in [2.05, 4.69) is 164 Å². The Hall–Kier alpha value is -4.43. The van der Waals surface area contributed by atoms with Crippen molar-refractivity contribution in [3.05, 3.63) is 155 Å². The van der Waals surface area contributed by atoms with Gasteiger partial charge in [-0.1, -0.05) is 129 Å². The molecular formula is C38H37N2+. The van der Waals surface area contributed by atoms with Crippen molar-refractivity contribution >= 4 is 17.7 Å². The predicted molar refractivity (Wildman–Crippen MR) is 169 cm³/mol. The average Bonchev–Trinajstić information content (AvgIpc) is 3.42. The van der Waals surface area contributed by atoms with E-state index in [9.17, 15) is 0 Å². The molecular weight excluding hydrogens is 484 g/mol. The molecule has 2 atom stereocenters. The fourth-order valence-electron chi connectivity index (χ4n) is 6.24. The summed E-state index contributed by atoms with van der Waals surface area (Å²) >= 11 is 0. The van der Waals surface area contributed by atoms with Crippen LogP contribution in [-0.4, -0.2) is 10.9 Å². The van der Waals surface area contributed by atoms with Gasteiger partial charge in [0.25, 0.3) is 0 Å². The maximum Gasteiger partial charge on any atom is 0.245 e. The SMILES string of the molecule is CCc1cccc(CC)c1[N+]1=CN(c2cc(C)ccc2-c2ccccc2)[C@@H](c2ccccc2)[C@H]1c1ccccc1. The first-order chi connectivity index (χ1) is 19.7. The molecule has 0 saturated heterocycles. The maximum atomic E-state index is 2.57. The van der Waals surface area contributed by atoms with Gasteiger partial charge in [-0.05, 0) is 54.2 Å². The van der Waals surface area contributed by atoms with E-state index in [-0.39, 0.29) is 12.1 Å². The van der Waals surface area contributed by atoms with Crippen molar-refractivity contribution in [3.8, 4) is 11.1 Å². The van der Waals surface area contributed by atoms with Gasteiger partial charge in [0.05, 0.1) is 0 Å². The molecule has 2 heteroatoms. The lowest BCUT2D eigenvalue weighted by Gasteiger charge is -2.26. The fraction of sp³-hybridized carbons (Fsp3) is 0.184. The zero-order valence-electron chi connectivity index (χ0n) is 23.7. The second kappa shape index (κ2) is 11.4. The Morgan fingerprint density at radius 2 is 1.20 bits per heavy atom. The zero-order valence-corrected chi connectivity index (χ0v) is 23.7. The fourth-order valence-corrected chi connectivity index (χ4v) is 6.24. The summed E-state index contributed by atoms with van der Waals surface area (Å²) in [6, 6.07) is 46.7. The summed E-state index contributed by atoms with van der Waals surface area (Å²) in [7, 11) is 0. The van der Waals surface area contributed by atoms with E-state index in [1.165, 1.54) is 50.3 Å². The summed E-state index contributed by atoms with van der Waals surface area (Å²) in [6.45, 7) is 6.73. The van der Waals surface area contributed by atoms with Crippen LogP contribution in [0.15, 0.2) is 127 Å². The second-order valence-corrected chi connectivity index (χ2v) is 10.7. The molecule has 0 amide bonds. The molecule has 0 bridgehead atoms. The number of hydrogen-bond acceptors (Lipinski definition) is 1. The first-order valence-corrected chi connectivity index (χ1v) is 14.5. The third-order valence-corrected chi connectivity index (χ3v) is 8.17. The number of benzene rings is 5. The maximum absolute atomic E-state index is 2.57. The van der Waals surface area contributed by atoms with Crippen LogP contribution >= 0.6 is 0 Å². The molecule has 0 aliphatic carbocycles. The summed E-state index contributed by atoms with van der Waals surface area (Å²) < 4.78 is 2.57. The highest BCUT2D eigenvalue weighted by Crippen LogP contribution is 2.48. The minimum absolute atomic E-state index is 0.0856. The van der Waals surface area contributed by atoms with E-state index < -0.39 is 0 Å². The monoisotopic (exact) mass is 521 g/mol. The van der Waals surface area contributed by atoms with Gasteiger partial charge in [0.2, 0.25) is 6.34 Å². The van der Waals surface area contributed by atoms with Crippen molar-refractivity contribution in [1.82, 2.24) is 0 Å². The zero-order chi connectivity index (χ0) is 27.5. The highest BCUT2D eigenvalue weighted by atomic mass is 15.3. The number of anilines is 1. The quantitative estimate of drug-likeness (QED) is 0.193. The molecule has 1 aliphatic heterocycles. The Balaban J connectivity index is 1.66. The molecule has 0 saturated carbocycles. The van der Waals surface area contributed by atoms with Crippen LogP contribution in [-0.2, 0) is 12.8 Å². The lowest BCUT2D eigenvalue weighted by Crippen LogP contribution is -2.26. The van der Waals surface area contributed by atoms with Crippen LogP contribution in [0.1, 0.15) is 53.7 Å². The highest BCUT2D eigenvalue weighted by molar-refractivity contribution is 5.90. The summed E-state index contributed by atoms with van der Waals surface area (Å²) in [6.07, 6.45) is 4.37. The van der Waals surface area contributed by atoms with Gasteiger partial charge in [-0.3, -0.25) is 0 Å². The van der Waals surface area contributed by atoms with Crippen LogP contribution in [0.5, 0.6) is 0 Å². The van der Waals surface area contributed by atoms with E-state index in [1.807, 2.05) is 0 Å². The third kappa shape index (κ3) is 4.75. The molecule has 1 aliphatic rings. The smallest absolute Gasteiger partial charge is 0.221 e. The largest absolute Gasteiger partial charge is 0.245 e. The minimum atomic E-state index is 0.0856. The van der Waals surface area contributed by atoms with Gasteiger partial charge < -0.3 is 0 Å². The van der Waals surface area contributed by atoms with E-state index in [0.29, 0.717) is 0 Å². The topological polar surface area (TPSA) is 6.25 Å². The first-order valence-electron chi connectivity index (χ1n) is 14.5. The molecule has 6 rings (SSSR count). The normalized spacial score (nSPS) is 16.7. The predicted octanol–water partition coefficient (Wildman–Crippen LogP) is 9.46. The van der Waals surface area contributed by atoms with Crippen LogP contribution < -0.4 is 4.90 Å². The lowest BCUT2D eigenvalue weighted by atomic mass is 9.90. The molecule has 198 valence electrons. The Kier molecular flexibility index (Phi) is 7.33. The molecule has 0 fully saturated rings. The van der Waals surface area contributed by atoms with Crippen LogP contribution in [0.3, 0.4) is 0 Å². The van der Waals surface area contributed by atoms with Gasteiger partial charge in [0.1, 0.15) is 11.4 Å². The molecule has 0 radical (unpaired) electrons. The number of para-hydroxylation sites is 1. The number of nitrogens with zero attached hydrogens (tertiary/aromatic N) is 2. The Bertz CT molecular complexity index is 1600. The van der Waals surface area contributed by atoms with Crippen molar-refractivity contribution in [2.24, 2.45) is 0 Å². The Morgan fingerprint density at radius 1 is 0.625 bits per heavy atom. The van der Waals surface area contributed by atoms with Crippen LogP contribution in [0.2, 0.25) is 0 Å². The number of hydrogen-bond donors (Lipinski definition) is 0. The summed E-state index contributed by atoms with van der Waals surface area (Å²) in [5.41, 5.74) is 11.7. The van der Waals surface area contributed by atoms with E-state index >= 15 is 0 Å². The third-order valence-electron chi connectivity index (χ3n) is 8.17. The van der Waals surface area contributed by atoms with Crippen molar-refractivity contribution in [2.45, 2.75) is 45.7 Å². The van der Waals surface area contributed by atoms with Crippen LogP contribution in [0, 0.1) is 6.92 Å². The molecule has 2 nitrogen and oxygen atoms in total. The minimum Gasteiger partial charge on any atom is -0.221 e. The molecule has 0 unspecified atom stereocenters. The average molecular weight is 522 g/mol. The Morgan fingerprint density at radius 3 is 1.80 bits per heavy atom. The van der Waals surface area contributed by atoms with Crippen molar-refractivity contribution in [1.29, 1.82) is 0 Å². The van der Waals surface area contributed by atoms with Gasteiger partial charge in [0, 0.05) is 16.7 Å². The highest BCUT2D eigenvalue weighted by Gasteiger charge is 2.47. The van der Waals surface area contributed by atoms with E-state index in [0.717, 1.165) is 12.8 Å². The molecule has 1 heterocycles. The van der Waals surface area contributed by atoms with Crippen LogP contribution in [0.25, 0.3) is 11.1 Å². The van der Waals surface area contributed by atoms with Crippen molar-refractivity contribution in [2.75, 3.05) is 4.90 Å². The summed E-state index contributed by atoms with van der Waals surface area (Å²) in [4.78, 5) is 2.54. The van der Waals surface area contributed by atoms with E-state index in [4.69, 9.17) is 0 Å². The standard InChI is InChI=1S/C38H37N2/c1-4-29-22-15-23-30(5-2)36(29)40-27-39(35-26-28(3)24-25-34(35)31-16-9-6-10-17-31)37(32-18-11-7-12-19-32)38(40)33-20-13-8-14-21-33/h6-27,37-38H,4-5H2,1-3H3/q+1/t37-,38+/m0/s1. The number of aryl methyl sites for hydroxylation is 3. The molecule has 0 spiro atoms. The van der Waals surface area contributed by atoms with Gasteiger partial charge in [-0.2, -0.15) is 0 Å². The molecule has 5 aromatic carbocycles. The Labute approximate surface area is 238 Å². The van der Waals surface area contributed by atoms with Gasteiger partial charge in [0.15, 0.2) is 12.1 Å². The molecule has 0 N–H and O–H groups in total. The lowest BCUT2D eigenvalue weighted by molar-refractivity contribution is -0.482. The van der Waals surface area contributed by atoms with Gasteiger partial charge in [-0.15, -0.1) is 0 Å². The number of rotatable bonds is 7. The molecule has 0 aromatic heterocycles. The van der Waals surface area contributed by atoms with Gasteiger partial charge >= 0.3 is 0 Å². The molecule has 5 aromatic rings. The van der Waals surface area contributed by atoms with Crippen molar-refractivity contribution in [3.63, 3.8) is 0 Å². The van der Waals surface area contributed by atoms with Crippen LogP contribution in [0.4, 0.5) is 11.4 Å². The van der Waals surface area contributed by atoms with Gasteiger partial charge in [-0.25, -0.2) is 9.48 Å². The second-order valence-electron chi connectivity index (χ2n) is 10.7. The van der Waals surface area contributed by atoms with E-state index in [1.54, 1.807) is 0 Å². The summed E-state index contributed by atoms with van der Waals surface area (Å²) in [5, 5.41) is 0. The first kappa shape index (κ1) is 25.8.